The van der Waals surface area contributed by atoms with Gasteiger partial charge in [-0.2, -0.15) is 0 Å². The van der Waals surface area contributed by atoms with Crippen molar-refractivity contribution in [2.45, 2.75) is 9.96 Å². The van der Waals surface area contributed by atoms with E-state index in [2.05, 4.69) is 16.0 Å². The van der Waals surface area contributed by atoms with Gasteiger partial charge in [0.2, 0.25) is 3.79 Å². The Morgan fingerprint density at radius 3 is 2.36 bits per heavy atom. The number of nitrogens with one attached hydrogen (secondary N) is 3. The molecule has 2 aromatic rings. The molecule has 1 atom stereocenters. The molecule has 7 nitrogen and oxygen atoms in total. The van der Waals surface area contributed by atoms with E-state index in [1.165, 1.54) is 42.5 Å². The van der Waals surface area contributed by atoms with Crippen molar-refractivity contribution in [2.24, 2.45) is 0 Å². The van der Waals surface area contributed by atoms with E-state index < -0.39 is 26.6 Å². The monoisotopic (exact) mass is 464 g/mol. The van der Waals surface area contributed by atoms with Gasteiger partial charge in [-0.3, -0.25) is 14.9 Å². The molecule has 1 unspecified atom stereocenters. The van der Waals surface area contributed by atoms with Gasteiger partial charge in [-0.1, -0.05) is 40.9 Å². The Labute approximate surface area is 179 Å². The number of nitrogens with zero attached hydrogens (tertiary/aromatic N) is 1. The normalized spacial score (nSPS) is 12.0. The number of carbonyl (C=O) groups is 1. The molecule has 0 aromatic heterocycles. The maximum absolute atomic E-state index is 13.0. The number of benzene rings is 2. The number of halogens is 4. The molecule has 0 heterocycles. The van der Waals surface area contributed by atoms with Crippen molar-refractivity contribution < 1.29 is 14.1 Å². The summed E-state index contributed by atoms with van der Waals surface area (Å²) in [5.74, 6) is -1.15. The molecular formula is C16H12Cl3FN4O3S. The van der Waals surface area contributed by atoms with Crippen molar-refractivity contribution in [2.75, 3.05) is 5.32 Å². The Balaban J connectivity index is 2.10. The summed E-state index contributed by atoms with van der Waals surface area (Å²) < 4.78 is 10.9. The predicted octanol–water partition coefficient (Wildman–Crippen LogP) is 4.15. The van der Waals surface area contributed by atoms with Gasteiger partial charge in [0.25, 0.3) is 11.6 Å². The SMILES string of the molecule is O=C(NC(NC(=S)Nc1ccc(F)cc1)C(Cl)(Cl)Cl)c1cccc([N+](=O)[O-])c1. The van der Waals surface area contributed by atoms with E-state index in [1.807, 2.05) is 0 Å². The number of anilines is 1. The lowest BCUT2D eigenvalue weighted by Crippen LogP contribution is -2.56. The van der Waals surface area contributed by atoms with Crippen LogP contribution in [0.2, 0.25) is 0 Å². The first kappa shape index (κ1) is 22.1. The zero-order valence-corrected chi connectivity index (χ0v) is 16.9. The van der Waals surface area contributed by atoms with Crippen molar-refractivity contribution in [3.63, 3.8) is 0 Å². The summed E-state index contributed by atoms with van der Waals surface area (Å²) in [4.78, 5) is 22.6. The van der Waals surface area contributed by atoms with E-state index in [0.717, 1.165) is 6.07 Å². The fourth-order valence-electron chi connectivity index (χ4n) is 2.01. The third kappa shape index (κ3) is 6.45. The molecule has 0 aliphatic carbocycles. The quantitative estimate of drug-likeness (QED) is 0.202. The summed E-state index contributed by atoms with van der Waals surface area (Å²) in [5, 5.41) is 18.6. The molecule has 0 aliphatic heterocycles. The van der Waals surface area contributed by atoms with Crippen LogP contribution in [0.25, 0.3) is 0 Å². The van der Waals surface area contributed by atoms with Crippen molar-refractivity contribution in [1.29, 1.82) is 0 Å². The molecule has 0 saturated heterocycles. The number of carbonyl (C=O) groups excluding carboxylic acids is 1. The first-order chi connectivity index (χ1) is 13.1. The van der Waals surface area contributed by atoms with Crippen LogP contribution in [0.1, 0.15) is 10.4 Å². The van der Waals surface area contributed by atoms with Crippen LogP contribution in [-0.4, -0.2) is 25.9 Å². The maximum atomic E-state index is 13.0. The number of nitro benzene ring substituents is 1. The molecule has 1 amide bonds. The summed E-state index contributed by atoms with van der Waals surface area (Å²) in [5.41, 5.74) is 0.194. The molecule has 148 valence electrons. The number of rotatable bonds is 5. The molecule has 2 aromatic carbocycles. The molecule has 28 heavy (non-hydrogen) atoms. The fourth-order valence-corrected chi connectivity index (χ4v) is 2.57. The van der Waals surface area contributed by atoms with Gasteiger partial charge in [0, 0.05) is 23.4 Å². The van der Waals surface area contributed by atoms with E-state index in [0.29, 0.717) is 5.69 Å². The molecule has 0 fully saturated rings. The van der Waals surface area contributed by atoms with Gasteiger partial charge in [0.05, 0.1) is 4.92 Å². The van der Waals surface area contributed by atoms with Crippen LogP contribution in [-0.2, 0) is 0 Å². The molecule has 0 bridgehead atoms. The van der Waals surface area contributed by atoms with Crippen LogP contribution in [0.5, 0.6) is 0 Å². The van der Waals surface area contributed by atoms with Crippen LogP contribution in [0.3, 0.4) is 0 Å². The van der Waals surface area contributed by atoms with Gasteiger partial charge < -0.3 is 16.0 Å². The molecule has 0 spiro atoms. The Kier molecular flexibility index (Phi) is 7.36. The molecule has 0 saturated carbocycles. The zero-order chi connectivity index (χ0) is 20.9. The second kappa shape index (κ2) is 9.33. The molecule has 0 aliphatic rings. The van der Waals surface area contributed by atoms with Gasteiger partial charge >= 0.3 is 0 Å². The van der Waals surface area contributed by atoms with Crippen molar-refractivity contribution in [3.05, 3.63) is 70.0 Å². The molecular weight excluding hydrogens is 454 g/mol. The number of alkyl halides is 3. The Morgan fingerprint density at radius 1 is 1.14 bits per heavy atom. The lowest BCUT2D eigenvalue weighted by atomic mass is 10.2. The van der Waals surface area contributed by atoms with E-state index >= 15 is 0 Å². The van der Waals surface area contributed by atoms with Crippen LogP contribution >= 0.6 is 47.0 Å². The van der Waals surface area contributed by atoms with Crippen molar-refractivity contribution >= 4 is 69.4 Å². The first-order valence-corrected chi connectivity index (χ1v) is 9.05. The van der Waals surface area contributed by atoms with Gasteiger partial charge in [0.15, 0.2) is 5.11 Å². The van der Waals surface area contributed by atoms with Crippen LogP contribution in [0.4, 0.5) is 15.8 Å². The highest BCUT2D eigenvalue weighted by Crippen LogP contribution is 2.29. The highest BCUT2D eigenvalue weighted by atomic mass is 35.6. The number of thiocarbonyl (C=S) groups is 1. The number of nitro groups is 1. The van der Waals surface area contributed by atoms with E-state index in [4.69, 9.17) is 47.0 Å². The maximum Gasteiger partial charge on any atom is 0.270 e. The second-order valence-corrected chi connectivity index (χ2v) is 8.14. The van der Waals surface area contributed by atoms with Crippen LogP contribution in [0.15, 0.2) is 48.5 Å². The van der Waals surface area contributed by atoms with E-state index in [1.54, 1.807) is 0 Å². The summed E-state index contributed by atoms with van der Waals surface area (Å²) in [7, 11) is 0. The highest BCUT2D eigenvalue weighted by Gasteiger charge is 2.35. The van der Waals surface area contributed by atoms with Gasteiger partial charge in [0.1, 0.15) is 12.0 Å². The predicted molar refractivity (Wildman–Crippen MR) is 110 cm³/mol. The molecule has 3 N–H and O–H groups in total. The first-order valence-electron chi connectivity index (χ1n) is 7.51. The van der Waals surface area contributed by atoms with Gasteiger partial charge in [-0.05, 0) is 42.5 Å². The Hall–Kier alpha value is -2.20. The molecule has 0 radical (unpaired) electrons. The topological polar surface area (TPSA) is 96.3 Å². The number of hydrogen-bond donors (Lipinski definition) is 3. The van der Waals surface area contributed by atoms with Crippen molar-refractivity contribution in [1.82, 2.24) is 10.6 Å². The standard InChI is InChI=1S/C16H12Cl3FN4O3S/c17-16(18,19)14(23-15(28)21-11-6-4-10(20)5-7-11)22-13(25)9-2-1-3-12(8-9)24(26)27/h1-8,14H,(H,22,25)(H2,21,23,28). The lowest BCUT2D eigenvalue weighted by molar-refractivity contribution is -0.384. The van der Waals surface area contributed by atoms with Crippen molar-refractivity contribution in [3.8, 4) is 0 Å². The van der Waals surface area contributed by atoms with Gasteiger partial charge in [-0.15, -0.1) is 0 Å². The molecule has 2 rings (SSSR count). The minimum Gasteiger partial charge on any atom is -0.339 e. The zero-order valence-electron chi connectivity index (χ0n) is 13.8. The molecule has 12 heteroatoms. The third-order valence-corrected chi connectivity index (χ3v) is 4.17. The fraction of sp³-hybridized carbons (Fsp3) is 0.125. The number of hydrogen-bond acceptors (Lipinski definition) is 4. The largest absolute Gasteiger partial charge is 0.339 e. The van der Waals surface area contributed by atoms with Crippen LogP contribution < -0.4 is 16.0 Å². The Morgan fingerprint density at radius 2 is 1.79 bits per heavy atom. The summed E-state index contributed by atoms with van der Waals surface area (Å²) in [6, 6.07) is 10.4. The van der Waals surface area contributed by atoms with E-state index in [-0.39, 0.29) is 16.4 Å². The number of non-ortho nitro benzene ring substituents is 1. The smallest absolute Gasteiger partial charge is 0.270 e. The Bertz CT molecular complexity index is 893. The second-order valence-electron chi connectivity index (χ2n) is 5.36. The van der Waals surface area contributed by atoms with Crippen LogP contribution in [0, 0.1) is 15.9 Å². The third-order valence-electron chi connectivity index (χ3n) is 3.30. The average molecular weight is 466 g/mol. The minimum absolute atomic E-state index is 0.00679. The highest BCUT2D eigenvalue weighted by molar-refractivity contribution is 7.80. The number of amides is 1. The average Bonchev–Trinajstić information content (AvgIpc) is 2.62. The summed E-state index contributed by atoms with van der Waals surface area (Å²) in [6.07, 6.45) is -1.27. The minimum atomic E-state index is -2.01. The summed E-state index contributed by atoms with van der Waals surface area (Å²) >= 11 is 22.8. The van der Waals surface area contributed by atoms with E-state index in [9.17, 15) is 19.3 Å². The van der Waals surface area contributed by atoms with Gasteiger partial charge in [-0.25, -0.2) is 4.39 Å². The summed E-state index contributed by atoms with van der Waals surface area (Å²) in [6.45, 7) is 0. The lowest BCUT2D eigenvalue weighted by Gasteiger charge is -2.27.